The normalized spacial score (nSPS) is 19.1. The third-order valence-corrected chi connectivity index (χ3v) is 6.99. The molecule has 0 spiro atoms. The van der Waals surface area contributed by atoms with Crippen molar-refractivity contribution in [3.63, 3.8) is 0 Å². The Morgan fingerprint density at radius 3 is 2.69 bits per heavy atom. The highest BCUT2D eigenvalue weighted by atomic mass is 32.2. The first-order valence-corrected chi connectivity index (χ1v) is 11.3. The highest BCUT2D eigenvalue weighted by Crippen LogP contribution is 2.34. The minimum Gasteiger partial charge on any atom is -0.327 e. The zero-order valence-electron chi connectivity index (χ0n) is 16.5. The van der Waals surface area contributed by atoms with Gasteiger partial charge in [-0.15, -0.1) is 0 Å². The van der Waals surface area contributed by atoms with Gasteiger partial charge in [0, 0.05) is 31.7 Å². The van der Waals surface area contributed by atoms with Crippen molar-refractivity contribution in [2.45, 2.75) is 42.7 Å². The van der Waals surface area contributed by atoms with E-state index in [1.54, 1.807) is 7.05 Å². The predicted octanol–water partition coefficient (Wildman–Crippen LogP) is 2.50. The van der Waals surface area contributed by atoms with Gasteiger partial charge in [-0.1, -0.05) is 48.5 Å². The molecular weight excluding hydrogens is 384 g/mol. The monoisotopic (exact) mass is 410 g/mol. The molecule has 3 aromatic rings. The van der Waals surface area contributed by atoms with Gasteiger partial charge in [0.05, 0.1) is 6.20 Å². The van der Waals surface area contributed by atoms with Crippen LogP contribution in [0.15, 0.2) is 65.8 Å². The quantitative estimate of drug-likeness (QED) is 0.653. The Balaban J connectivity index is 1.55. The maximum atomic E-state index is 12.5. The molecule has 0 aliphatic heterocycles. The molecule has 6 nitrogen and oxygen atoms in total. The molecule has 0 bridgehead atoms. The van der Waals surface area contributed by atoms with Crippen molar-refractivity contribution in [1.29, 1.82) is 0 Å². The van der Waals surface area contributed by atoms with Crippen LogP contribution in [-0.2, 0) is 36.5 Å². The lowest BCUT2D eigenvalue weighted by Crippen LogP contribution is -2.34. The van der Waals surface area contributed by atoms with E-state index in [-0.39, 0.29) is 23.4 Å². The van der Waals surface area contributed by atoms with Crippen LogP contribution in [0.5, 0.6) is 0 Å². The molecule has 0 radical (unpaired) electrons. The van der Waals surface area contributed by atoms with Crippen LogP contribution in [0.4, 0.5) is 0 Å². The van der Waals surface area contributed by atoms with E-state index >= 15 is 0 Å². The van der Waals surface area contributed by atoms with Crippen LogP contribution >= 0.6 is 0 Å². The number of sulfonamides is 1. The molecule has 1 aliphatic carbocycles. The summed E-state index contributed by atoms with van der Waals surface area (Å²) in [7, 11) is -1.90. The van der Waals surface area contributed by atoms with Gasteiger partial charge in [-0.05, 0) is 41.5 Å². The van der Waals surface area contributed by atoms with Crippen LogP contribution in [0.2, 0.25) is 0 Å². The van der Waals surface area contributed by atoms with Gasteiger partial charge in [0.25, 0.3) is 0 Å². The molecule has 1 aliphatic rings. The van der Waals surface area contributed by atoms with Gasteiger partial charge in [0.1, 0.15) is 4.90 Å². The average molecular weight is 411 g/mol. The Bertz CT molecular complexity index is 1090. The van der Waals surface area contributed by atoms with E-state index in [0.717, 1.165) is 24.8 Å². The van der Waals surface area contributed by atoms with Gasteiger partial charge in [-0.2, -0.15) is 5.10 Å². The molecule has 3 N–H and O–H groups in total. The van der Waals surface area contributed by atoms with Crippen molar-refractivity contribution in [3.8, 4) is 0 Å². The van der Waals surface area contributed by atoms with Crippen molar-refractivity contribution >= 4 is 10.0 Å². The van der Waals surface area contributed by atoms with Crippen LogP contribution in [-0.4, -0.2) is 24.2 Å². The summed E-state index contributed by atoms with van der Waals surface area (Å²) in [5.41, 5.74) is 11.2. The predicted molar refractivity (Wildman–Crippen MR) is 113 cm³/mol. The second kappa shape index (κ2) is 8.10. The lowest BCUT2D eigenvalue weighted by atomic mass is 9.76. The first-order valence-electron chi connectivity index (χ1n) is 9.82. The Kier molecular flexibility index (Phi) is 5.54. The molecule has 0 saturated carbocycles. The Hall–Kier alpha value is -2.48. The molecular formula is C22H26N4O2S. The summed E-state index contributed by atoms with van der Waals surface area (Å²) < 4.78 is 29.1. The summed E-state index contributed by atoms with van der Waals surface area (Å²) >= 11 is 0. The van der Waals surface area contributed by atoms with Crippen molar-refractivity contribution in [2.24, 2.45) is 12.8 Å². The fourth-order valence-electron chi connectivity index (χ4n) is 4.01. The first-order chi connectivity index (χ1) is 13.9. The zero-order chi connectivity index (χ0) is 20.4. The first kappa shape index (κ1) is 19.8. The second-order valence-corrected chi connectivity index (χ2v) is 9.47. The number of fused-ring (bicyclic) bond motifs is 1. The summed E-state index contributed by atoms with van der Waals surface area (Å²) in [5.74, 6) is 0.232. The lowest BCUT2D eigenvalue weighted by molar-refractivity contribution is 0.467. The molecule has 4 rings (SSSR count). The summed E-state index contributed by atoms with van der Waals surface area (Å²) in [5, 5.41) is 3.94. The molecule has 1 heterocycles. The van der Waals surface area contributed by atoms with E-state index in [0.29, 0.717) is 0 Å². The number of rotatable bonds is 6. The number of hydrogen-bond acceptors (Lipinski definition) is 4. The number of nitrogens with one attached hydrogen (secondary N) is 1. The summed E-state index contributed by atoms with van der Waals surface area (Å²) in [6.07, 6.45) is 5.66. The van der Waals surface area contributed by atoms with Crippen LogP contribution < -0.4 is 10.5 Å². The van der Waals surface area contributed by atoms with Crippen molar-refractivity contribution < 1.29 is 8.42 Å². The minimum absolute atomic E-state index is 0.102. The molecule has 1 aromatic heterocycles. The van der Waals surface area contributed by atoms with E-state index in [2.05, 4.69) is 34.1 Å². The largest absolute Gasteiger partial charge is 0.327 e. The highest BCUT2D eigenvalue weighted by molar-refractivity contribution is 7.89. The fourth-order valence-corrected chi connectivity index (χ4v) is 5.01. The number of aryl methyl sites for hydroxylation is 2. The van der Waals surface area contributed by atoms with Gasteiger partial charge >= 0.3 is 0 Å². The fraction of sp³-hybridized carbons (Fsp3) is 0.318. The van der Waals surface area contributed by atoms with Crippen molar-refractivity contribution in [3.05, 3.63) is 83.2 Å². The Labute approximate surface area is 171 Å². The lowest BCUT2D eigenvalue weighted by Gasteiger charge is -2.32. The number of aromatic nitrogens is 2. The van der Waals surface area contributed by atoms with Gasteiger partial charge in [-0.3, -0.25) is 4.68 Å². The van der Waals surface area contributed by atoms with E-state index in [1.807, 2.05) is 24.3 Å². The third-order valence-electron chi connectivity index (χ3n) is 5.63. The van der Waals surface area contributed by atoms with E-state index in [4.69, 9.17) is 5.73 Å². The molecule has 0 saturated heterocycles. The molecule has 0 amide bonds. The molecule has 7 heteroatoms. The summed E-state index contributed by atoms with van der Waals surface area (Å²) in [4.78, 5) is 0.168. The summed E-state index contributed by atoms with van der Waals surface area (Å²) in [6.45, 7) is 0.234. The van der Waals surface area contributed by atoms with E-state index < -0.39 is 10.0 Å². The maximum absolute atomic E-state index is 12.5. The molecule has 29 heavy (non-hydrogen) atoms. The third kappa shape index (κ3) is 4.42. The zero-order valence-corrected chi connectivity index (χ0v) is 17.3. The average Bonchev–Trinajstić information content (AvgIpc) is 3.17. The Morgan fingerprint density at radius 1 is 1.17 bits per heavy atom. The SMILES string of the molecule is Cn1cc(S(=O)(=O)NCc2ccc3c(c2)C(Cc2ccccc2)C(N)CC3)cn1. The van der Waals surface area contributed by atoms with Gasteiger partial charge in [0.2, 0.25) is 10.0 Å². The summed E-state index contributed by atoms with van der Waals surface area (Å²) in [6, 6.07) is 16.7. The Morgan fingerprint density at radius 2 is 1.97 bits per heavy atom. The molecule has 152 valence electrons. The van der Waals surface area contributed by atoms with E-state index in [9.17, 15) is 8.42 Å². The highest BCUT2D eigenvalue weighted by Gasteiger charge is 2.27. The van der Waals surface area contributed by atoms with Crippen molar-refractivity contribution in [2.75, 3.05) is 0 Å². The molecule has 2 atom stereocenters. The topological polar surface area (TPSA) is 90.0 Å². The van der Waals surface area contributed by atoms with Crippen molar-refractivity contribution in [1.82, 2.24) is 14.5 Å². The van der Waals surface area contributed by atoms with Crippen LogP contribution in [0, 0.1) is 0 Å². The maximum Gasteiger partial charge on any atom is 0.243 e. The number of nitrogens with zero attached hydrogens (tertiary/aromatic N) is 2. The van der Waals surface area contributed by atoms with Crippen LogP contribution in [0.1, 0.15) is 34.6 Å². The molecule has 0 fully saturated rings. The van der Waals surface area contributed by atoms with E-state index in [1.165, 1.54) is 33.8 Å². The number of nitrogens with two attached hydrogens (primary N) is 1. The molecule has 2 aromatic carbocycles. The van der Waals surface area contributed by atoms with Gasteiger partial charge < -0.3 is 5.73 Å². The standard InChI is InChI=1S/C22H26N4O2S/c1-26-15-19(14-24-26)29(27,28)25-13-17-7-8-18-9-10-22(23)21(20(18)12-17)11-16-5-3-2-4-6-16/h2-8,12,14-15,21-22,25H,9-11,13,23H2,1H3. The number of benzene rings is 2. The van der Waals surface area contributed by atoms with Gasteiger partial charge in [0.15, 0.2) is 0 Å². The minimum atomic E-state index is -3.59. The van der Waals surface area contributed by atoms with Crippen LogP contribution in [0.3, 0.4) is 0 Å². The second-order valence-electron chi connectivity index (χ2n) is 7.71. The molecule has 2 unspecified atom stereocenters. The number of hydrogen-bond donors (Lipinski definition) is 2. The van der Waals surface area contributed by atoms with Crippen LogP contribution in [0.25, 0.3) is 0 Å². The smallest absolute Gasteiger partial charge is 0.243 e. The van der Waals surface area contributed by atoms with Gasteiger partial charge in [-0.25, -0.2) is 13.1 Å².